The Balaban J connectivity index is 1.30. The monoisotopic (exact) mass is 390 g/mol. The smallest absolute Gasteiger partial charge is 0.258 e. The maximum absolute atomic E-state index is 12.4. The van der Waals surface area contributed by atoms with Crippen molar-refractivity contribution in [3.63, 3.8) is 0 Å². The van der Waals surface area contributed by atoms with E-state index >= 15 is 0 Å². The minimum atomic E-state index is -0.271. The number of hydrogen-bond acceptors (Lipinski definition) is 6. The average molecular weight is 390 g/mol. The van der Waals surface area contributed by atoms with Gasteiger partial charge in [0.05, 0.1) is 11.7 Å². The van der Waals surface area contributed by atoms with Crippen molar-refractivity contribution >= 4 is 17.5 Å². The molecule has 7 nitrogen and oxygen atoms in total. The van der Waals surface area contributed by atoms with Crippen molar-refractivity contribution < 1.29 is 14.3 Å². The van der Waals surface area contributed by atoms with Crippen LogP contribution in [0.15, 0.2) is 67.0 Å². The Kier molecular flexibility index (Phi) is 5.97. The molecule has 1 aliphatic heterocycles. The van der Waals surface area contributed by atoms with E-state index in [1.54, 1.807) is 24.3 Å². The summed E-state index contributed by atoms with van der Waals surface area (Å²) in [6.45, 7) is 1.48. The third kappa shape index (κ3) is 5.30. The quantitative estimate of drug-likeness (QED) is 0.631. The number of ether oxygens (including phenoxy) is 2. The number of aromatic nitrogens is 2. The summed E-state index contributed by atoms with van der Waals surface area (Å²) < 4.78 is 11.3. The second kappa shape index (κ2) is 9.16. The molecule has 29 heavy (non-hydrogen) atoms. The number of carbonyl (C=O) groups is 1. The Bertz CT molecular complexity index is 925. The van der Waals surface area contributed by atoms with E-state index in [0.717, 1.165) is 25.2 Å². The second-order valence-corrected chi connectivity index (χ2v) is 6.70. The van der Waals surface area contributed by atoms with Crippen LogP contribution in [0.3, 0.4) is 0 Å². The molecule has 1 saturated heterocycles. The summed E-state index contributed by atoms with van der Waals surface area (Å²) in [5.41, 5.74) is 1.05. The molecular weight excluding hydrogens is 368 g/mol. The summed E-state index contributed by atoms with van der Waals surface area (Å²) in [5.74, 6) is 1.67. The predicted molar refractivity (Wildman–Crippen MR) is 110 cm³/mol. The van der Waals surface area contributed by atoms with Crippen molar-refractivity contribution in [1.82, 2.24) is 9.97 Å². The van der Waals surface area contributed by atoms with Crippen LogP contribution in [0.5, 0.6) is 11.5 Å². The number of amides is 1. The second-order valence-electron chi connectivity index (χ2n) is 6.70. The van der Waals surface area contributed by atoms with Crippen LogP contribution in [-0.4, -0.2) is 35.1 Å². The SMILES string of the molecule is O=C(Nc1ccc(Oc2ccccc2)cc1)c1cnc(NCC2CCCO2)nc1. The number of carbonyl (C=O) groups excluding carboxylic acids is 1. The maximum atomic E-state index is 12.4. The molecule has 2 aromatic carbocycles. The first-order valence-corrected chi connectivity index (χ1v) is 9.58. The summed E-state index contributed by atoms with van der Waals surface area (Å²) in [6.07, 6.45) is 5.35. The highest BCUT2D eigenvalue weighted by molar-refractivity contribution is 6.03. The van der Waals surface area contributed by atoms with E-state index < -0.39 is 0 Å². The zero-order valence-corrected chi connectivity index (χ0v) is 15.9. The fourth-order valence-corrected chi connectivity index (χ4v) is 2.98. The Labute approximate surface area is 169 Å². The molecule has 0 aliphatic carbocycles. The molecule has 7 heteroatoms. The van der Waals surface area contributed by atoms with E-state index in [2.05, 4.69) is 20.6 Å². The first kappa shape index (κ1) is 18.9. The number of rotatable bonds is 7. The van der Waals surface area contributed by atoms with Crippen molar-refractivity contribution in [3.8, 4) is 11.5 Å². The van der Waals surface area contributed by atoms with Crippen LogP contribution in [0.25, 0.3) is 0 Å². The Morgan fingerprint density at radius 2 is 1.76 bits per heavy atom. The van der Waals surface area contributed by atoms with Gasteiger partial charge < -0.3 is 20.1 Å². The van der Waals surface area contributed by atoms with E-state index in [-0.39, 0.29) is 12.0 Å². The number of nitrogens with zero attached hydrogens (tertiary/aromatic N) is 2. The molecule has 2 N–H and O–H groups in total. The molecular formula is C22H22N4O3. The van der Waals surface area contributed by atoms with Crippen LogP contribution in [-0.2, 0) is 4.74 Å². The molecule has 1 amide bonds. The average Bonchev–Trinajstić information content (AvgIpc) is 3.28. The maximum Gasteiger partial charge on any atom is 0.258 e. The lowest BCUT2D eigenvalue weighted by Crippen LogP contribution is -2.20. The van der Waals surface area contributed by atoms with Crippen molar-refractivity contribution in [2.45, 2.75) is 18.9 Å². The molecule has 1 atom stereocenters. The van der Waals surface area contributed by atoms with Crippen LogP contribution < -0.4 is 15.4 Å². The lowest BCUT2D eigenvalue weighted by molar-refractivity contribution is 0.102. The largest absolute Gasteiger partial charge is 0.457 e. The zero-order valence-electron chi connectivity index (χ0n) is 15.9. The van der Waals surface area contributed by atoms with Gasteiger partial charge in [0.2, 0.25) is 5.95 Å². The topological polar surface area (TPSA) is 85.4 Å². The zero-order chi connectivity index (χ0) is 19.9. The molecule has 4 rings (SSSR count). The van der Waals surface area contributed by atoms with Crippen LogP contribution in [0, 0.1) is 0 Å². The highest BCUT2D eigenvalue weighted by atomic mass is 16.5. The Hall–Kier alpha value is -3.45. The van der Waals surface area contributed by atoms with Crippen molar-refractivity contribution in [1.29, 1.82) is 0 Å². The molecule has 0 bridgehead atoms. The van der Waals surface area contributed by atoms with Gasteiger partial charge in [-0.3, -0.25) is 4.79 Å². The van der Waals surface area contributed by atoms with E-state index in [1.807, 2.05) is 30.3 Å². The van der Waals surface area contributed by atoms with Crippen LogP contribution >= 0.6 is 0 Å². The predicted octanol–water partition coefficient (Wildman–Crippen LogP) is 4.11. The van der Waals surface area contributed by atoms with E-state index in [4.69, 9.17) is 9.47 Å². The third-order valence-electron chi connectivity index (χ3n) is 4.52. The minimum absolute atomic E-state index is 0.204. The molecule has 1 unspecified atom stereocenters. The molecule has 0 spiro atoms. The lowest BCUT2D eigenvalue weighted by atomic mass is 10.2. The molecule has 0 radical (unpaired) electrons. The van der Waals surface area contributed by atoms with Crippen LogP contribution in [0.2, 0.25) is 0 Å². The van der Waals surface area contributed by atoms with Crippen molar-refractivity contribution in [2.75, 3.05) is 23.8 Å². The van der Waals surface area contributed by atoms with Gasteiger partial charge in [-0.15, -0.1) is 0 Å². The summed E-state index contributed by atoms with van der Waals surface area (Å²) in [7, 11) is 0. The molecule has 2 heterocycles. The molecule has 3 aromatic rings. The number of benzene rings is 2. The van der Waals surface area contributed by atoms with Gasteiger partial charge in [-0.05, 0) is 49.2 Å². The lowest BCUT2D eigenvalue weighted by Gasteiger charge is -2.11. The van der Waals surface area contributed by atoms with Gasteiger partial charge in [0.1, 0.15) is 11.5 Å². The Morgan fingerprint density at radius 1 is 1.03 bits per heavy atom. The highest BCUT2D eigenvalue weighted by Crippen LogP contribution is 2.22. The van der Waals surface area contributed by atoms with Gasteiger partial charge in [0.15, 0.2) is 0 Å². The fourth-order valence-electron chi connectivity index (χ4n) is 2.98. The first-order chi connectivity index (χ1) is 14.3. The summed E-state index contributed by atoms with van der Waals surface area (Å²) in [5, 5.41) is 5.97. The number of hydrogen-bond donors (Lipinski definition) is 2. The van der Waals surface area contributed by atoms with Gasteiger partial charge in [0.25, 0.3) is 5.91 Å². The molecule has 1 aromatic heterocycles. The third-order valence-corrected chi connectivity index (χ3v) is 4.52. The summed E-state index contributed by atoms with van der Waals surface area (Å²) >= 11 is 0. The van der Waals surface area contributed by atoms with Gasteiger partial charge in [-0.1, -0.05) is 18.2 Å². The van der Waals surface area contributed by atoms with E-state index in [0.29, 0.717) is 29.5 Å². The highest BCUT2D eigenvalue weighted by Gasteiger charge is 2.15. The van der Waals surface area contributed by atoms with E-state index in [1.165, 1.54) is 12.4 Å². The molecule has 1 aliphatic rings. The van der Waals surface area contributed by atoms with Gasteiger partial charge >= 0.3 is 0 Å². The Morgan fingerprint density at radius 3 is 2.45 bits per heavy atom. The van der Waals surface area contributed by atoms with Crippen LogP contribution in [0.4, 0.5) is 11.6 Å². The number of anilines is 2. The van der Waals surface area contributed by atoms with Crippen LogP contribution in [0.1, 0.15) is 23.2 Å². The summed E-state index contributed by atoms with van der Waals surface area (Å²) in [4.78, 5) is 20.8. The van der Waals surface area contributed by atoms with Gasteiger partial charge in [-0.25, -0.2) is 9.97 Å². The molecule has 148 valence electrons. The summed E-state index contributed by atoms with van der Waals surface area (Å²) in [6, 6.07) is 16.7. The molecule has 0 saturated carbocycles. The van der Waals surface area contributed by atoms with Gasteiger partial charge in [0, 0.05) is 31.2 Å². The molecule has 1 fully saturated rings. The number of para-hydroxylation sites is 1. The van der Waals surface area contributed by atoms with Crippen molar-refractivity contribution in [3.05, 3.63) is 72.6 Å². The first-order valence-electron chi connectivity index (χ1n) is 9.58. The standard InChI is InChI=1S/C22H22N4O3/c27-21(16-13-23-22(24-14-16)25-15-20-7-4-12-28-20)26-17-8-10-19(11-9-17)29-18-5-2-1-3-6-18/h1-3,5-6,8-11,13-14,20H,4,7,12,15H2,(H,26,27)(H,23,24,25). The van der Waals surface area contributed by atoms with E-state index in [9.17, 15) is 4.79 Å². The minimum Gasteiger partial charge on any atom is -0.457 e. The van der Waals surface area contributed by atoms with Gasteiger partial charge in [-0.2, -0.15) is 0 Å². The number of nitrogens with one attached hydrogen (secondary N) is 2. The normalized spacial score (nSPS) is 15.7. The van der Waals surface area contributed by atoms with Crippen molar-refractivity contribution in [2.24, 2.45) is 0 Å². The fraction of sp³-hybridized carbons (Fsp3) is 0.227.